The number of fused-ring (bicyclic) bond motifs is 1. The van der Waals surface area contributed by atoms with E-state index in [4.69, 9.17) is 25.5 Å². The average molecular weight is 485 g/mol. The molecule has 0 N–H and O–H groups in total. The van der Waals surface area contributed by atoms with Crippen LogP contribution in [-0.4, -0.2) is 87.5 Å². The molecule has 34 heavy (non-hydrogen) atoms. The lowest BCUT2D eigenvalue weighted by Gasteiger charge is -2.32. The van der Waals surface area contributed by atoms with Crippen LogP contribution in [-0.2, 0) is 4.74 Å². The molecule has 0 saturated carbocycles. The lowest BCUT2D eigenvalue weighted by atomic mass is 10.0. The van der Waals surface area contributed by atoms with E-state index in [0.717, 1.165) is 43.9 Å². The van der Waals surface area contributed by atoms with Crippen LogP contribution >= 0.6 is 11.6 Å². The van der Waals surface area contributed by atoms with Crippen LogP contribution in [0.4, 0.5) is 6.01 Å². The molecule has 2 fully saturated rings. The van der Waals surface area contributed by atoms with Gasteiger partial charge in [-0.25, -0.2) is 0 Å². The number of anilines is 1. The topological polar surface area (TPSA) is 71.3 Å². The Morgan fingerprint density at radius 3 is 2.47 bits per heavy atom. The molecule has 2 aliphatic rings. The third-order valence-electron chi connectivity index (χ3n) is 6.42. The maximum Gasteiger partial charge on any atom is 0.301 e. The summed E-state index contributed by atoms with van der Waals surface area (Å²) in [5.74, 6) is 0.672. The third-order valence-corrected chi connectivity index (χ3v) is 6.67. The number of nitrogens with zero attached hydrogens (tertiary/aromatic N) is 4. The minimum Gasteiger partial charge on any atom is -0.491 e. The summed E-state index contributed by atoms with van der Waals surface area (Å²) in [7, 11) is 2.15. The summed E-state index contributed by atoms with van der Waals surface area (Å²) in [6.07, 6.45) is 0. The number of hydrogen-bond donors (Lipinski definition) is 0. The van der Waals surface area contributed by atoms with Crippen LogP contribution in [0, 0.1) is 0 Å². The Kier molecular flexibility index (Phi) is 7.01. The molecule has 3 aromatic rings. The highest BCUT2D eigenvalue weighted by atomic mass is 35.5. The van der Waals surface area contributed by atoms with Crippen molar-refractivity contribution in [3.63, 3.8) is 0 Å². The van der Waals surface area contributed by atoms with Crippen molar-refractivity contribution < 1.29 is 13.9 Å². The van der Waals surface area contributed by atoms with Crippen molar-refractivity contribution in [1.29, 1.82) is 0 Å². The van der Waals surface area contributed by atoms with Crippen LogP contribution in [0.25, 0.3) is 22.1 Å². The van der Waals surface area contributed by atoms with E-state index in [0.29, 0.717) is 60.7 Å². The van der Waals surface area contributed by atoms with Gasteiger partial charge in [0.15, 0.2) is 5.58 Å². The molecule has 2 saturated heterocycles. The number of halogens is 1. The van der Waals surface area contributed by atoms with Gasteiger partial charge >= 0.3 is 6.01 Å². The summed E-state index contributed by atoms with van der Waals surface area (Å²) >= 11 is 6.15. The fourth-order valence-electron chi connectivity index (χ4n) is 4.36. The highest BCUT2D eigenvalue weighted by molar-refractivity contribution is 6.30. The zero-order chi connectivity index (χ0) is 23.5. The minimum absolute atomic E-state index is 0.311. The van der Waals surface area contributed by atoms with E-state index in [2.05, 4.69) is 21.8 Å². The maximum absolute atomic E-state index is 12.9. The zero-order valence-electron chi connectivity index (χ0n) is 19.3. The van der Waals surface area contributed by atoms with Crippen molar-refractivity contribution in [2.75, 3.05) is 77.6 Å². The molecule has 0 radical (unpaired) electrons. The Balaban J connectivity index is 1.50. The zero-order valence-corrected chi connectivity index (χ0v) is 20.1. The molecule has 0 amide bonds. The van der Waals surface area contributed by atoms with Gasteiger partial charge in [-0.1, -0.05) is 23.7 Å². The number of piperazine rings is 1. The molecular weight excluding hydrogens is 456 g/mol. The molecule has 0 spiro atoms. The Morgan fingerprint density at radius 2 is 1.74 bits per heavy atom. The highest BCUT2D eigenvalue weighted by Gasteiger charge is 2.21. The van der Waals surface area contributed by atoms with E-state index < -0.39 is 0 Å². The predicted octanol–water partition coefficient (Wildman–Crippen LogP) is 2.97. The van der Waals surface area contributed by atoms with Gasteiger partial charge in [-0.3, -0.25) is 9.69 Å². The van der Waals surface area contributed by atoms with Gasteiger partial charge in [-0.05, 0) is 36.9 Å². The van der Waals surface area contributed by atoms with Gasteiger partial charge in [0, 0.05) is 50.8 Å². The van der Waals surface area contributed by atoms with Crippen molar-refractivity contribution >= 4 is 28.6 Å². The molecule has 180 valence electrons. The molecule has 0 unspecified atom stereocenters. The Bertz CT molecular complexity index is 1190. The van der Waals surface area contributed by atoms with E-state index in [-0.39, 0.29) is 5.56 Å². The van der Waals surface area contributed by atoms with Crippen molar-refractivity contribution in [2.24, 2.45) is 0 Å². The van der Waals surface area contributed by atoms with Gasteiger partial charge in [-0.15, -0.1) is 0 Å². The smallest absolute Gasteiger partial charge is 0.301 e. The quantitative estimate of drug-likeness (QED) is 0.529. The summed E-state index contributed by atoms with van der Waals surface area (Å²) in [6, 6.07) is 11.4. The fraction of sp³-hybridized carbons (Fsp3) is 0.440. The molecule has 9 heteroatoms. The summed E-state index contributed by atoms with van der Waals surface area (Å²) in [5.41, 5.74) is 1.76. The number of rotatable bonds is 6. The molecule has 3 heterocycles. The van der Waals surface area contributed by atoms with Gasteiger partial charge < -0.3 is 23.7 Å². The molecule has 5 rings (SSSR count). The van der Waals surface area contributed by atoms with Crippen LogP contribution in [0.3, 0.4) is 0 Å². The number of likely N-dealkylation sites (N-methyl/N-ethyl adjacent to an activating group) is 1. The first kappa shape index (κ1) is 23.1. The first-order valence-corrected chi connectivity index (χ1v) is 12.1. The van der Waals surface area contributed by atoms with Crippen molar-refractivity contribution in [1.82, 2.24) is 14.8 Å². The monoisotopic (exact) mass is 484 g/mol. The SMILES string of the molecule is CN1CCN(CCOc2ccc3c(=O)nc(N4CCOCC4)oc3c2-c2ccc(Cl)cc2)CC1. The number of ether oxygens (including phenoxy) is 2. The first-order valence-electron chi connectivity index (χ1n) is 11.7. The Labute approximate surface area is 203 Å². The van der Waals surface area contributed by atoms with Gasteiger partial charge in [0.25, 0.3) is 5.56 Å². The van der Waals surface area contributed by atoms with E-state index >= 15 is 0 Å². The number of benzene rings is 2. The van der Waals surface area contributed by atoms with E-state index in [1.807, 2.05) is 35.2 Å². The summed E-state index contributed by atoms with van der Waals surface area (Å²) in [5, 5.41) is 1.06. The van der Waals surface area contributed by atoms with E-state index in [9.17, 15) is 4.79 Å². The third kappa shape index (κ3) is 5.05. The molecule has 2 aromatic carbocycles. The highest BCUT2D eigenvalue weighted by Crippen LogP contribution is 2.38. The van der Waals surface area contributed by atoms with Gasteiger partial charge in [0.05, 0.1) is 24.2 Å². The molecular formula is C25H29ClN4O4. The number of aromatic nitrogens is 1. The maximum atomic E-state index is 12.9. The lowest BCUT2D eigenvalue weighted by molar-refractivity contribution is 0.120. The number of morpholine rings is 1. The van der Waals surface area contributed by atoms with Crippen LogP contribution in [0.5, 0.6) is 5.75 Å². The second-order valence-electron chi connectivity index (χ2n) is 8.72. The predicted molar refractivity (Wildman–Crippen MR) is 133 cm³/mol. The van der Waals surface area contributed by atoms with Crippen molar-refractivity contribution in [3.8, 4) is 16.9 Å². The van der Waals surface area contributed by atoms with Crippen LogP contribution < -0.4 is 15.2 Å². The molecule has 1 aromatic heterocycles. The number of hydrogen-bond acceptors (Lipinski definition) is 8. The Hall–Kier alpha value is -2.65. The molecule has 0 aliphatic carbocycles. The van der Waals surface area contributed by atoms with E-state index in [1.54, 1.807) is 6.07 Å². The summed E-state index contributed by atoms with van der Waals surface area (Å²) in [4.78, 5) is 23.8. The van der Waals surface area contributed by atoms with Crippen LogP contribution in [0.2, 0.25) is 5.02 Å². The second-order valence-corrected chi connectivity index (χ2v) is 9.15. The lowest BCUT2D eigenvalue weighted by Crippen LogP contribution is -2.45. The standard InChI is InChI=1S/C25H29ClN4O4/c1-28-8-10-29(11-9-28)12-17-33-21-7-6-20-23(22(21)18-2-4-19(26)5-3-18)34-25(27-24(20)31)30-13-15-32-16-14-30/h2-7H,8-17H2,1H3. The van der Waals surface area contributed by atoms with Gasteiger partial charge in [-0.2, -0.15) is 4.98 Å². The molecule has 0 atom stereocenters. The molecule has 2 aliphatic heterocycles. The van der Waals surface area contributed by atoms with Gasteiger partial charge in [0.1, 0.15) is 12.4 Å². The normalized spacial score (nSPS) is 17.9. The largest absolute Gasteiger partial charge is 0.491 e. The average Bonchev–Trinajstić information content (AvgIpc) is 2.86. The van der Waals surface area contributed by atoms with Crippen molar-refractivity contribution in [3.05, 3.63) is 51.8 Å². The molecule has 0 bridgehead atoms. The van der Waals surface area contributed by atoms with Crippen molar-refractivity contribution in [2.45, 2.75) is 0 Å². The minimum atomic E-state index is -0.318. The fourth-order valence-corrected chi connectivity index (χ4v) is 4.48. The van der Waals surface area contributed by atoms with Crippen LogP contribution in [0.1, 0.15) is 0 Å². The van der Waals surface area contributed by atoms with Crippen LogP contribution in [0.15, 0.2) is 45.6 Å². The van der Waals surface area contributed by atoms with E-state index in [1.165, 1.54) is 0 Å². The molecule has 8 nitrogen and oxygen atoms in total. The van der Waals surface area contributed by atoms with Gasteiger partial charge in [0.2, 0.25) is 0 Å². The second kappa shape index (κ2) is 10.3. The Morgan fingerprint density at radius 1 is 1.00 bits per heavy atom. The first-order chi connectivity index (χ1) is 16.6. The summed E-state index contributed by atoms with van der Waals surface area (Å²) < 4.78 is 18.0. The summed E-state index contributed by atoms with van der Waals surface area (Å²) in [6.45, 7) is 7.97.